The zero-order valence-corrected chi connectivity index (χ0v) is 12.2. The van der Waals surface area contributed by atoms with Crippen molar-refractivity contribution in [3.63, 3.8) is 0 Å². The molecule has 0 N–H and O–H groups in total. The zero-order chi connectivity index (χ0) is 14.5. The number of pyridine rings is 1. The second kappa shape index (κ2) is 6.42. The minimum absolute atomic E-state index is 0.518. The van der Waals surface area contributed by atoms with Crippen LogP contribution >= 0.6 is 11.6 Å². The molecule has 104 valence electrons. The number of halogens is 1. The van der Waals surface area contributed by atoms with E-state index in [1.807, 2.05) is 54.7 Å². The van der Waals surface area contributed by atoms with E-state index in [0.717, 1.165) is 23.5 Å². The highest BCUT2D eigenvalue weighted by Gasteiger charge is 2.09. The molecular formula is C18H15ClN2. The lowest BCUT2D eigenvalue weighted by molar-refractivity contribution is 0.964. The van der Waals surface area contributed by atoms with E-state index in [2.05, 4.69) is 34.1 Å². The number of hydrogen-bond donors (Lipinski definition) is 0. The molecule has 0 aliphatic carbocycles. The van der Waals surface area contributed by atoms with Crippen molar-refractivity contribution in [1.82, 2.24) is 4.98 Å². The number of benzene rings is 2. The number of anilines is 2. The maximum absolute atomic E-state index is 5.86. The third kappa shape index (κ3) is 3.41. The van der Waals surface area contributed by atoms with Gasteiger partial charge in [-0.25, -0.2) is 4.98 Å². The van der Waals surface area contributed by atoms with Gasteiger partial charge in [0.1, 0.15) is 5.15 Å². The van der Waals surface area contributed by atoms with E-state index in [1.165, 1.54) is 0 Å². The summed E-state index contributed by atoms with van der Waals surface area (Å²) in [6, 6.07) is 24.5. The van der Waals surface area contributed by atoms with Crippen LogP contribution in [0.1, 0.15) is 5.56 Å². The zero-order valence-electron chi connectivity index (χ0n) is 11.5. The van der Waals surface area contributed by atoms with Crippen LogP contribution in [-0.2, 0) is 6.54 Å². The first-order chi connectivity index (χ1) is 10.3. The van der Waals surface area contributed by atoms with Gasteiger partial charge in [-0.2, -0.15) is 0 Å². The molecule has 21 heavy (non-hydrogen) atoms. The lowest BCUT2D eigenvalue weighted by Gasteiger charge is -2.25. The second-order valence-corrected chi connectivity index (χ2v) is 5.13. The molecule has 0 unspecified atom stereocenters. The Morgan fingerprint density at radius 2 is 1.33 bits per heavy atom. The van der Waals surface area contributed by atoms with Gasteiger partial charge in [0.05, 0.1) is 0 Å². The van der Waals surface area contributed by atoms with Crippen molar-refractivity contribution < 1.29 is 0 Å². The molecule has 3 aromatic rings. The summed E-state index contributed by atoms with van der Waals surface area (Å²) in [5, 5.41) is 0.518. The molecular weight excluding hydrogens is 280 g/mol. The summed E-state index contributed by atoms with van der Waals surface area (Å²) >= 11 is 5.86. The molecule has 0 saturated heterocycles. The number of rotatable bonds is 4. The Morgan fingerprint density at radius 1 is 0.762 bits per heavy atom. The van der Waals surface area contributed by atoms with Gasteiger partial charge < -0.3 is 4.90 Å². The largest absolute Gasteiger partial charge is 0.337 e. The average Bonchev–Trinajstić information content (AvgIpc) is 2.56. The van der Waals surface area contributed by atoms with Crippen LogP contribution in [-0.4, -0.2) is 4.98 Å². The fourth-order valence-electron chi connectivity index (χ4n) is 2.23. The summed E-state index contributed by atoms with van der Waals surface area (Å²) in [5.41, 5.74) is 3.42. The highest BCUT2D eigenvalue weighted by atomic mass is 35.5. The Hall–Kier alpha value is -2.32. The lowest BCUT2D eigenvalue weighted by Crippen LogP contribution is -2.16. The number of aromatic nitrogens is 1. The Balaban J connectivity index is 1.95. The fraction of sp³-hybridized carbons (Fsp3) is 0.0556. The molecule has 0 fully saturated rings. The van der Waals surface area contributed by atoms with Gasteiger partial charge in [0.25, 0.3) is 0 Å². The number of nitrogens with zero attached hydrogens (tertiary/aromatic N) is 2. The smallest absolute Gasteiger partial charge is 0.129 e. The van der Waals surface area contributed by atoms with Gasteiger partial charge in [-0.1, -0.05) is 54.1 Å². The van der Waals surface area contributed by atoms with Crippen LogP contribution in [0.5, 0.6) is 0 Å². The van der Waals surface area contributed by atoms with Crippen molar-refractivity contribution in [2.75, 3.05) is 4.90 Å². The predicted octanol–water partition coefficient (Wildman–Crippen LogP) is 5.07. The molecule has 0 spiro atoms. The van der Waals surface area contributed by atoms with E-state index in [1.54, 1.807) is 0 Å². The highest BCUT2D eigenvalue weighted by Crippen LogP contribution is 2.27. The van der Waals surface area contributed by atoms with Gasteiger partial charge in [-0.05, 0) is 35.9 Å². The van der Waals surface area contributed by atoms with Crippen LogP contribution in [0.4, 0.5) is 11.4 Å². The van der Waals surface area contributed by atoms with Gasteiger partial charge in [0.2, 0.25) is 0 Å². The van der Waals surface area contributed by atoms with Gasteiger partial charge in [0, 0.05) is 24.1 Å². The van der Waals surface area contributed by atoms with E-state index < -0.39 is 0 Å². The van der Waals surface area contributed by atoms with E-state index in [9.17, 15) is 0 Å². The first kappa shape index (κ1) is 13.7. The Labute approximate surface area is 129 Å². The molecule has 0 aliphatic heterocycles. The molecule has 0 bridgehead atoms. The van der Waals surface area contributed by atoms with Gasteiger partial charge in [-0.15, -0.1) is 0 Å². The summed E-state index contributed by atoms with van der Waals surface area (Å²) in [4.78, 5) is 6.41. The molecule has 3 heteroatoms. The summed E-state index contributed by atoms with van der Waals surface area (Å²) < 4.78 is 0. The summed E-state index contributed by atoms with van der Waals surface area (Å²) in [7, 11) is 0. The van der Waals surface area contributed by atoms with Crippen molar-refractivity contribution in [2.45, 2.75) is 6.54 Å². The van der Waals surface area contributed by atoms with Crippen molar-refractivity contribution in [2.24, 2.45) is 0 Å². The first-order valence-electron chi connectivity index (χ1n) is 6.81. The van der Waals surface area contributed by atoms with Crippen LogP contribution in [0.3, 0.4) is 0 Å². The Kier molecular flexibility index (Phi) is 4.17. The van der Waals surface area contributed by atoms with E-state index >= 15 is 0 Å². The lowest BCUT2D eigenvalue weighted by atomic mass is 10.2. The Morgan fingerprint density at radius 3 is 1.81 bits per heavy atom. The van der Waals surface area contributed by atoms with Gasteiger partial charge >= 0.3 is 0 Å². The molecule has 0 radical (unpaired) electrons. The normalized spacial score (nSPS) is 10.3. The van der Waals surface area contributed by atoms with Crippen molar-refractivity contribution in [3.05, 3.63) is 89.7 Å². The first-order valence-corrected chi connectivity index (χ1v) is 7.19. The third-order valence-electron chi connectivity index (χ3n) is 3.27. The molecule has 1 heterocycles. The summed E-state index contributed by atoms with van der Waals surface area (Å²) in [6.07, 6.45) is 1.82. The average molecular weight is 295 g/mol. The van der Waals surface area contributed by atoms with Crippen LogP contribution in [0.2, 0.25) is 5.15 Å². The second-order valence-electron chi connectivity index (χ2n) is 4.75. The molecule has 3 rings (SSSR count). The molecule has 0 amide bonds. The minimum Gasteiger partial charge on any atom is -0.337 e. The highest BCUT2D eigenvalue weighted by molar-refractivity contribution is 6.29. The maximum Gasteiger partial charge on any atom is 0.129 e. The van der Waals surface area contributed by atoms with Crippen molar-refractivity contribution in [3.8, 4) is 0 Å². The topological polar surface area (TPSA) is 16.1 Å². The van der Waals surface area contributed by atoms with Crippen LogP contribution < -0.4 is 4.90 Å². The maximum atomic E-state index is 5.86. The monoisotopic (exact) mass is 294 g/mol. The number of hydrogen-bond acceptors (Lipinski definition) is 2. The van der Waals surface area contributed by atoms with E-state index in [0.29, 0.717) is 5.15 Å². The standard InChI is InChI=1S/C18H15ClN2/c19-18-12-11-15(13-20-18)14-21(16-7-3-1-4-8-16)17-9-5-2-6-10-17/h1-13H,14H2. The SMILES string of the molecule is Clc1ccc(CN(c2ccccc2)c2ccccc2)cn1. The van der Waals surface area contributed by atoms with Crippen LogP contribution in [0.15, 0.2) is 79.0 Å². The summed E-state index contributed by atoms with van der Waals surface area (Å²) in [6.45, 7) is 0.748. The molecule has 0 saturated carbocycles. The Bertz CT molecular complexity index is 642. The quantitative estimate of drug-likeness (QED) is 0.624. The minimum atomic E-state index is 0.518. The predicted molar refractivity (Wildman–Crippen MR) is 88.0 cm³/mol. The van der Waals surface area contributed by atoms with E-state index in [-0.39, 0.29) is 0 Å². The number of para-hydroxylation sites is 2. The van der Waals surface area contributed by atoms with E-state index in [4.69, 9.17) is 11.6 Å². The summed E-state index contributed by atoms with van der Waals surface area (Å²) in [5.74, 6) is 0. The van der Waals surface area contributed by atoms with Crippen molar-refractivity contribution in [1.29, 1.82) is 0 Å². The fourth-order valence-corrected chi connectivity index (χ4v) is 2.34. The molecule has 2 aromatic carbocycles. The molecule has 0 atom stereocenters. The van der Waals surface area contributed by atoms with Crippen LogP contribution in [0.25, 0.3) is 0 Å². The van der Waals surface area contributed by atoms with Gasteiger partial charge in [0.15, 0.2) is 0 Å². The molecule has 1 aromatic heterocycles. The van der Waals surface area contributed by atoms with Gasteiger partial charge in [-0.3, -0.25) is 0 Å². The third-order valence-corrected chi connectivity index (χ3v) is 3.49. The molecule has 2 nitrogen and oxygen atoms in total. The van der Waals surface area contributed by atoms with Crippen LogP contribution in [0, 0.1) is 0 Å². The molecule has 0 aliphatic rings. The van der Waals surface area contributed by atoms with Crippen molar-refractivity contribution >= 4 is 23.0 Å².